The van der Waals surface area contributed by atoms with E-state index in [9.17, 15) is 0 Å². The fourth-order valence-electron chi connectivity index (χ4n) is 1.79. The van der Waals surface area contributed by atoms with Crippen LogP contribution in [0.2, 0.25) is 0 Å². The van der Waals surface area contributed by atoms with Gasteiger partial charge in [0.25, 0.3) is 0 Å². The van der Waals surface area contributed by atoms with E-state index in [2.05, 4.69) is 10.4 Å². The van der Waals surface area contributed by atoms with Gasteiger partial charge in [-0.2, -0.15) is 0 Å². The van der Waals surface area contributed by atoms with Crippen LogP contribution < -0.4 is 15.9 Å². The van der Waals surface area contributed by atoms with E-state index in [1.807, 2.05) is 25.1 Å². The molecule has 0 spiro atoms. The SMILES string of the molecule is CCOc1cc(N)cc(NN2CCOCC2)c1. The lowest BCUT2D eigenvalue weighted by Crippen LogP contribution is -2.40. The molecular weight excluding hydrogens is 218 g/mol. The lowest BCUT2D eigenvalue weighted by Gasteiger charge is -2.28. The minimum Gasteiger partial charge on any atom is -0.494 e. The maximum Gasteiger partial charge on any atom is 0.123 e. The maximum atomic E-state index is 5.83. The second kappa shape index (κ2) is 5.75. The molecule has 1 saturated heterocycles. The summed E-state index contributed by atoms with van der Waals surface area (Å²) in [5, 5.41) is 2.12. The van der Waals surface area contributed by atoms with Crippen LogP contribution in [0.1, 0.15) is 6.92 Å². The Labute approximate surface area is 101 Å². The summed E-state index contributed by atoms with van der Waals surface area (Å²) in [5.41, 5.74) is 10.8. The standard InChI is InChI=1S/C12H19N3O2/c1-2-17-12-8-10(13)7-11(9-12)14-15-3-5-16-6-4-15/h7-9,14H,2-6,13H2,1H3. The minimum absolute atomic E-state index is 0.639. The van der Waals surface area contributed by atoms with Gasteiger partial charge < -0.3 is 20.6 Å². The second-order valence-corrected chi connectivity index (χ2v) is 3.93. The molecule has 1 aliphatic rings. The van der Waals surface area contributed by atoms with Gasteiger partial charge in [0, 0.05) is 30.9 Å². The highest BCUT2D eigenvalue weighted by Crippen LogP contribution is 2.23. The van der Waals surface area contributed by atoms with Crippen molar-refractivity contribution >= 4 is 11.4 Å². The van der Waals surface area contributed by atoms with Gasteiger partial charge in [0.15, 0.2) is 0 Å². The Morgan fingerprint density at radius 3 is 2.82 bits per heavy atom. The lowest BCUT2D eigenvalue weighted by atomic mass is 10.2. The summed E-state index contributed by atoms with van der Waals surface area (Å²) in [5.74, 6) is 0.795. The molecule has 0 aliphatic carbocycles. The molecule has 1 aromatic carbocycles. The zero-order valence-electron chi connectivity index (χ0n) is 10.1. The first kappa shape index (κ1) is 12.0. The molecule has 0 amide bonds. The molecule has 5 heteroatoms. The second-order valence-electron chi connectivity index (χ2n) is 3.93. The highest BCUT2D eigenvalue weighted by molar-refractivity contribution is 5.58. The molecule has 1 fully saturated rings. The van der Waals surface area contributed by atoms with Gasteiger partial charge in [0.1, 0.15) is 5.75 Å². The van der Waals surface area contributed by atoms with Crippen LogP contribution in [0.15, 0.2) is 18.2 Å². The van der Waals surface area contributed by atoms with Crippen molar-refractivity contribution in [2.45, 2.75) is 6.92 Å². The van der Waals surface area contributed by atoms with Gasteiger partial charge in [0.2, 0.25) is 0 Å². The Morgan fingerprint density at radius 1 is 1.35 bits per heavy atom. The summed E-state index contributed by atoms with van der Waals surface area (Å²) in [6.45, 7) is 5.86. The third-order valence-corrected chi connectivity index (χ3v) is 2.54. The largest absolute Gasteiger partial charge is 0.494 e. The molecule has 2 rings (SSSR count). The van der Waals surface area contributed by atoms with Gasteiger partial charge in [-0.3, -0.25) is 0 Å². The van der Waals surface area contributed by atoms with Gasteiger partial charge in [-0.05, 0) is 13.0 Å². The van der Waals surface area contributed by atoms with Gasteiger partial charge in [-0.15, -0.1) is 0 Å². The monoisotopic (exact) mass is 237 g/mol. The van der Waals surface area contributed by atoms with E-state index in [-0.39, 0.29) is 0 Å². The summed E-state index contributed by atoms with van der Waals surface area (Å²) < 4.78 is 10.7. The number of hydrogen-bond acceptors (Lipinski definition) is 5. The van der Waals surface area contributed by atoms with Crippen molar-refractivity contribution < 1.29 is 9.47 Å². The molecule has 0 unspecified atom stereocenters. The fraction of sp³-hybridized carbons (Fsp3) is 0.500. The Balaban J connectivity index is 2.03. The van der Waals surface area contributed by atoms with Crippen LogP contribution in [0, 0.1) is 0 Å². The van der Waals surface area contributed by atoms with E-state index in [4.69, 9.17) is 15.2 Å². The predicted molar refractivity (Wildman–Crippen MR) is 68.0 cm³/mol. The van der Waals surface area contributed by atoms with Gasteiger partial charge in [-0.1, -0.05) is 0 Å². The van der Waals surface area contributed by atoms with Crippen LogP contribution in [-0.2, 0) is 4.74 Å². The van der Waals surface area contributed by atoms with E-state index in [1.54, 1.807) is 0 Å². The van der Waals surface area contributed by atoms with E-state index >= 15 is 0 Å². The number of morpholine rings is 1. The van der Waals surface area contributed by atoms with Gasteiger partial charge in [-0.25, -0.2) is 5.01 Å². The predicted octanol–water partition coefficient (Wildman–Crippen LogP) is 1.33. The van der Waals surface area contributed by atoms with Crippen LogP contribution in [0.5, 0.6) is 5.75 Å². The third-order valence-electron chi connectivity index (χ3n) is 2.54. The van der Waals surface area contributed by atoms with E-state index in [0.717, 1.165) is 37.7 Å². The van der Waals surface area contributed by atoms with E-state index in [0.29, 0.717) is 12.3 Å². The Kier molecular flexibility index (Phi) is 4.06. The molecule has 17 heavy (non-hydrogen) atoms. The molecule has 94 valence electrons. The molecule has 0 saturated carbocycles. The molecular formula is C12H19N3O2. The molecule has 0 bridgehead atoms. The number of rotatable bonds is 4. The number of nitrogen functional groups attached to an aromatic ring is 1. The van der Waals surface area contributed by atoms with Crippen molar-refractivity contribution in [3.8, 4) is 5.75 Å². The lowest BCUT2D eigenvalue weighted by molar-refractivity contribution is 0.0497. The summed E-state index contributed by atoms with van der Waals surface area (Å²) in [7, 11) is 0. The molecule has 0 radical (unpaired) electrons. The van der Waals surface area contributed by atoms with Crippen molar-refractivity contribution in [1.82, 2.24) is 5.01 Å². The van der Waals surface area contributed by atoms with Crippen molar-refractivity contribution in [1.29, 1.82) is 0 Å². The van der Waals surface area contributed by atoms with Crippen LogP contribution >= 0.6 is 0 Å². The molecule has 1 aliphatic heterocycles. The van der Waals surface area contributed by atoms with Crippen LogP contribution in [0.4, 0.5) is 11.4 Å². The highest BCUT2D eigenvalue weighted by Gasteiger charge is 2.10. The summed E-state index contributed by atoms with van der Waals surface area (Å²) >= 11 is 0. The Hall–Kier alpha value is -1.46. The number of benzene rings is 1. The quantitative estimate of drug-likeness (QED) is 0.774. The van der Waals surface area contributed by atoms with Crippen molar-refractivity contribution in [2.75, 3.05) is 44.1 Å². The maximum absolute atomic E-state index is 5.83. The summed E-state index contributed by atoms with van der Waals surface area (Å²) in [6, 6.07) is 5.68. The number of hydrogen-bond donors (Lipinski definition) is 2. The van der Waals surface area contributed by atoms with Crippen molar-refractivity contribution in [3.63, 3.8) is 0 Å². The molecule has 0 atom stereocenters. The smallest absolute Gasteiger partial charge is 0.123 e. The molecule has 1 aromatic rings. The average molecular weight is 237 g/mol. The van der Waals surface area contributed by atoms with Gasteiger partial charge >= 0.3 is 0 Å². The number of nitrogens with two attached hydrogens (primary N) is 1. The average Bonchev–Trinajstić information content (AvgIpc) is 2.30. The normalized spacial score (nSPS) is 16.8. The first-order valence-electron chi connectivity index (χ1n) is 5.90. The number of nitrogens with one attached hydrogen (secondary N) is 1. The van der Waals surface area contributed by atoms with Crippen molar-refractivity contribution in [3.05, 3.63) is 18.2 Å². The molecule has 5 nitrogen and oxygen atoms in total. The molecule has 0 aromatic heterocycles. The highest BCUT2D eigenvalue weighted by atomic mass is 16.5. The zero-order chi connectivity index (χ0) is 12.1. The van der Waals surface area contributed by atoms with Crippen LogP contribution in [0.3, 0.4) is 0 Å². The zero-order valence-corrected chi connectivity index (χ0v) is 10.1. The number of hydrazine groups is 1. The summed E-state index contributed by atoms with van der Waals surface area (Å²) in [4.78, 5) is 0. The third kappa shape index (κ3) is 3.51. The number of anilines is 2. The molecule has 1 heterocycles. The first-order chi connectivity index (χ1) is 8.28. The fourth-order valence-corrected chi connectivity index (χ4v) is 1.79. The summed E-state index contributed by atoms with van der Waals surface area (Å²) in [6.07, 6.45) is 0. The Bertz CT molecular complexity index is 365. The number of ether oxygens (including phenoxy) is 2. The van der Waals surface area contributed by atoms with Gasteiger partial charge in [0.05, 0.1) is 25.5 Å². The van der Waals surface area contributed by atoms with Crippen LogP contribution in [-0.4, -0.2) is 37.9 Å². The number of nitrogens with zero attached hydrogens (tertiary/aromatic N) is 1. The van der Waals surface area contributed by atoms with Crippen LogP contribution in [0.25, 0.3) is 0 Å². The first-order valence-corrected chi connectivity index (χ1v) is 5.90. The Morgan fingerprint density at radius 2 is 2.12 bits per heavy atom. The minimum atomic E-state index is 0.639. The van der Waals surface area contributed by atoms with E-state index in [1.165, 1.54) is 0 Å². The van der Waals surface area contributed by atoms with E-state index < -0.39 is 0 Å². The van der Waals surface area contributed by atoms with Crippen molar-refractivity contribution in [2.24, 2.45) is 0 Å². The molecule has 3 N–H and O–H groups in total. The topological polar surface area (TPSA) is 59.8 Å².